The van der Waals surface area contributed by atoms with Crippen LogP contribution in [-0.4, -0.2) is 32.3 Å². The minimum Gasteiger partial charge on any atom is -0.368 e. The van der Waals surface area contributed by atoms with Crippen molar-refractivity contribution >= 4 is 40.9 Å². The van der Waals surface area contributed by atoms with E-state index >= 15 is 0 Å². The minimum atomic E-state index is -0.346. The highest BCUT2D eigenvalue weighted by atomic mass is 32.2. The zero-order chi connectivity index (χ0) is 14.5. The lowest BCUT2D eigenvalue weighted by atomic mass is 10.4. The molecule has 0 saturated heterocycles. The van der Waals surface area contributed by atoms with E-state index in [-0.39, 0.29) is 23.5 Å². The molecule has 10 heteroatoms. The van der Waals surface area contributed by atoms with E-state index in [2.05, 4.69) is 21.0 Å². The van der Waals surface area contributed by atoms with E-state index in [1.807, 2.05) is 0 Å². The minimum absolute atomic E-state index is 0.0939. The fraction of sp³-hybridized carbons (Fsp3) is 0.200. The molecule has 0 saturated carbocycles. The summed E-state index contributed by atoms with van der Waals surface area (Å²) in [6.07, 6.45) is 0. The summed E-state index contributed by atoms with van der Waals surface area (Å²) in [4.78, 5) is 23.7. The number of carbonyl (C=O) groups excluding carboxylic acids is 2. The Bertz CT molecular complexity index is 609. The van der Waals surface area contributed by atoms with Crippen molar-refractivity contribution in [3.63, 3.8) is 0 Å². The number of anilines is 1. The van der Waals surface area contributed by atoms with Crippen LogP contribution in [0.4, 0.5) is 5.95 Å². The fourth-order valence-corrected chi connectivity index (χ4v) is 2.55. The molecular formula is C10H12N6O2S2. The number of thioether (sulfide) groups is 1. The van der Waals surface area contributed by atoms with Crippen molar-refractivity contribution in [3.8, 4) is 0 Å². The molecule has 0 fully saturated rings. The lowest BCUT2D eigenvalue weighted by Crippen LogP contribution is -2.42. The molecule has 2 aromatic rings. The third-order valence-electron chi connectivity index (χ3n) is 2.26. The first-order valence-electron chi connectivity index (χ1n) is 5.48. The highest BCUT2D eigenvalue weighted by molar-refractivity contribution is 7.99. The van der Waals surface area contributed by atoms with Crippen LogP contribution in [0.2, 0.25) is 0 Å². The Morgan fingerprint density at radius 1 is 1.45 bits per heavy atom. The summed E-state index contributed by atoms with van der Waals surface area (Å²) in [7, 11) is 1.70. The molecule has 0 unspecified atom stereocenters. The number of amides is 2. The number of carbonyl (C=O) groups is 2. The van der Waals surface area contributed by atoms with Crippen molar-refractivity contribution in [3.05, 3.63) is 22.4 Å². The van der Waals surface area contributed by atoms with E-state index in [4.69, 9.17) is 5.73 Å². The number of aromatic nitrogens is 3. The Morgan fingerprint density at radius 3 is 2.85 bits per heavy atom. The van der Waals surface area contributed by atoms with Gasteiger partial charge in [0.1, 0.15) is 0 Å². The molecule has 2 heterocycles. The molecule has 0 bridgehead atoms. The van der Waals surface area contributed by atoms with Crippen molar-refractivity contribution in [2.75, 3.05) is 11.5 Å². The van der Waals surface area contributed by atoms with Gasteiger partial charge in [-0.1, -0.05) is 17.8 Å². The number of hydrogen-bond donors (Lipinski definition) is 3. The first-order valence-corrected chi connectivity index (χ1v) is 7.35. The van der Waals surface area contributed by atoms with Crippen molar-refractivity contribution in [2.24, 2.45) is 7.05 Å². The van der Waals surface area contributed by atoms with Gasteiger partial charge in [0.05, 0.1) is 10.6 Å². The third kappa shape index (κ3) is 3.48. The normalized spacial score (nSPS) is 10.2. The molecule has 20 heavy (non-hydrogen) atoms. The van der Waals surface area contributed by atoms with E-state index in [1.54, 1.807) is 29.1 Å². The molecule has 2 amide bonds. The summed E-state index contributed by atoms with van der Waals surface area (Å²) in [5, 5.41) is 9.79. The summed E-state index contributed by atoms with van der Waals surface area (Å²) >= 11 is 2.47. The van der Waals surface area contributed by atoms with Gasteiger partial charge in [0.2, 0.25) is 11.9 Å². The Kier molecular flexibility index (Phi) is 4.58. The monoisotopic (exact) mass is 312 g/mol. The second-order valence-corrected chi connectivity index (χ2v) is 5.56. The Morgan fingerprint density at radius 2 is 2.25 bits per heavy atom. The number of hydrazine groups is 1. The van der Waals surface area contributed by atoms with Gasteiger partial charge in [-0.05, 0) is 11.4 Å². The molecule has 0 aliphatic carbocycles. The van der Waals surface area contributed by atoms with Gasteiger partial charge >= 0.3 is 0 Å². The molecule has 106 valence electrons. The van der Waals surface area contributed by atoms with Crippen LogP contribution in [0.15, 0.2) is 22.7 Å². The van der Waals surface area contributed by atoms with Gasteiger partial charge in [-0.15, -0.1) is 21.5 Å². The van der Waals surface area contributed by atoms with E-state index in [9.17, 15) is 9.59 Å². The summed E-state index contributed by atoms with van der Waals surface area (Å²) in [5.74, 6) is -0.321. The zero-order valence-corrected chi connectivity index (χ0v) is 12.1. The predicted molar refractivity (Wildman–Crippen MR) is 76.1 cm³/mol. The molecule has 0 aliphatic rings. The fourth-order valence-electron chi connectivity index (χ4n) is 1.21. The van der Waals surface area contributed by atoms with Crippen LogP contribution >= 0.6 is 23.1 Å². The summed E-state index contributed by atoms with van der Waals surface area (Å²) < 4.78 is 1.57. The van der Waals surface area contributed by atoms with Gasteiger partial charge in [0.15, 0.2) is 5.16 Å². The van der Waals surface area contributed by atoms with E-state index in [1.165, 1.54) is 23.1 Å². The maximum absolute atomic E-state index is 11.6. The van der Waals surface area contributed by atoms with Crippen LogP contribution in [0.1, 0.15) is 9.67 Å². The summed E-state index contributed by atoms with van der Waals surface area (Å²) in [6, 6.07) is 3.43. The van der Waals surface area contributed by atoms with Crippen LogP contribution in [0, 0.1) is 0 Å². The largest absolute Gasteiger partial charge is 0.368 e. The average Bonchev–Trinajstić information content (AvgIpc) is 3.06. The molecule has 0 spiro atoms. The van der Waals surface area contributed by atoms with Crippen LogP contribution in [0.3, 0.4) is 0 Å². The van der Waals surface area contributed by atoms with Crippen molar-refractivity contribution in [2.45, 2.75) is 5.16 Å². The molecule has 2 aromatic heterocycles. The average molecular weight is 312 g/mol. The van der Waals surface area contributed by atoms with Gasteiger partial charge in [-0.25, -0.2) is 0 Å². The number of rotatable bonds is 4. The van der Waals surface area contributed by atoms with Crippen molar-refractivity contribution < 1.29 is 9.59 Å². The van der Waals surface area contributed by atoms with Crippen LogP contribution in [0.5, 0.6) is 0 Å². The molecule has 4 N–H and O–H groups in total. The summed E-state index contributed by atoms with van der Waals surface area (Å²) in [6.45, 7) is 0. The zero-order valence-electron chi connectivity index (χ0n) is 10.5. The lowest BCUT2D eigenvalue weighted by molar-refractivity contribution is -0.119. The maximum atomic E-state index is 11.6. The molecule has 0 aromatic carbocycles. The summed E-state index contributed by atoms with van der Waals surface area (Å²) in [5.41, 5.74) is 10.2. The lowest BCUT2D eigenvalue weighted by Gasteiger charge is -2.05. The predicted octanol–water partition coefficient (Wildman–Crippen LogP) is 0.0121. The Hall–Kier alpha value is -2.07. The first kappa shape index (κ1) is 14.3. The number of hydrogen-bond acceptors (Lipinski definition) is 7. The standard InChI is InChI=1S/C10H12N6O2S2/c1-16-9(11)14-15-10(16)20-5-7(17)12-13-8(18)6-3-2-4-19-6/h2-4H,5H2,1H3,(H2,11,14)(H,12,17)(H,13,18). The highest BCUT2D eigenvalue weighted by Gasteiger charge is 2.11. The van der Waals surface area contributed by atoms with Gasteiger partial charge in [0.25, 0.3) is 5.91 Å². The van der Waals surface area contributed by atoms with Gasteiger partial charge < -0.3 is 5.73 Å². The van der Waals surface area contributed by atoms with E-state index < -0.39 is 0 Å². The SMILES string of the molecule is Cn1c(N)nnc1SCC(=O)NNC(=O)c1cccs1. The molecule has 2 rings (SSSR count). The Balaban J connectivity index is 1.76. The second-order valence-electron chi connectivity index (χ2n) is 3.67. The van der Waals surface area contributed by atoms with Crippen molar-refractivity contribution in [1.29, 1.82) is 0 Å². The number of thiophene rings is 1. The second kappa shape index (κ2) is 6.39. The molecule has 0 atom stereocenters. The first-order chi connectivity index (χ1) is 9.58. The van der Waals surface area contributed by atoms with Gasteiger partial charge in [0, 0.05) is 7.05 Å². The van der Waals surface area contributed by atoms with E-state index in [0.717, 1.165) is 0 Å². The van der Waals surface area contributed by atoms with Crippen LogP contribution in [0.25, 0.3) is 0 Å². The van der Waals surface area contributed by atoms with E-state index in [0.29, 0.717) is 10.0 Å². The quantitative estimate of drug-likeness (QED) is 0.541. The van der Waals surface area contributed by atoms with Crippen molar-refractivity contribution in [1.82, 2.24) is 25.6 Å². The van der Waals surface area contributed by atoms with Crippen LogP contribution < -0.4 is 16.6 Å². The van der Waals surface area contributed by atoms with Gasteiger partial charge in [-0.2, -0.15) is 0 Å². The van der Waals surface area contributed by atoms with Crippen LogP contribution in [-0.2, 0) is 11.8 Å². The third-order valence-corrected chi connectivity index (χ3v) is 4.15. The topological polar surface area (TPSA) is 115 Å². The molecule has 0 aliphatic heterocycles. The number of nitrogens with zero attached hydrogens (tertiary/aromatic N) is 3. The number of nitrogens with one attached hydrogen (secondary N) is 2. The number of nitrogens with two attached hydrogens (primary N) is 1. The Labute approximate surface area is 122 Å². The molecule has 0 radical (unpaired) electrons. The van der Waals surface area contributed by atoms with Gasteiger partial charge in [-0.3, -0.25) is 25.0 Å². The maximum Gasteiger partial charge on any atom is 0.279 e. The highest BCUT2D eigenvalue weighted by Crippen LogP contribution is 2.15. The smallest absolute Gasteiger partial charge is 0.279 e. The number of nitrogen functional groups attached to an aromatic ring is 1. The molecular weight excluding hydrogens is 300 g/mol. The molecule has 8 nitrogen and oxygen atoms in total.